The number of hydrogen-bond donors (Lipinski definition) is 1. The van der Waals surface area contributed by atoms with Gasteiger partial charge in [-0.25, -0.2) is 9.78 Å². The molecule has 3 rings (SSSR count). The first-order chi connectivity index (χ1) is 15.1. The van der Waals surface area contributed by atoms with Crippen molar-refractivity contribution in [3.8, 4) is 11.5 Å². The van der Waals surface area contributed by atoms with Crippen molar-refractivity contribution < 1.29 is 19.4 Å². The summed E-state index contributed by atoms with van der Waals surface area (Å²) in [5.74, 6) is 0.153. The third kappa shape index (κ3) is 5.34. The Morgan fingerprint density at radius 1 is 1.19 bits per heavy atom. The molecule has 168 valence electrons. The quantitative estimate of drug-likeness (QED) is 0.486. The second-order valence-corrected chi connectivity index (χ2v) is 8.95. The van der Waals surface area contributed by atoms with Gasteiger partial charge in [0, 0.05) is 9.89 Å². The maximum atomic E-state index is 13.2. The van der Waals surface area contributed by atoms with E-state index in [4.69, 9.17) is 19.6 Å². The molecule has 0 atom stereocenters. The summed E-state index contributed by atoms with van der Waals surface area (Å²) in [4.78, 5) is 28.7. The van der Waals surface area contributed by atoms with Gasteiger partial charge in [0.1, 0.15) is 5.82 Å². The highest BCUT2D eigenvalue weighted by Crippen LogP contribution is 2.28. The van der Waals surface area contributed by atoms with Crippen LogP contribution in [0, 0.1) is 0 Å². The van der Waals surface area contributed by atoms with Gasteiger partial charge in [0.05, 0.1) is 23.7 Å². The first-order valence-corrected chi connectivity index (χ1v) is 10.8. The summed E-state index contributed by atoms with van der Waals surface area (Å²) in [7, 11) is 0. The van der Waals surface area contributed by atoms with E-state index in [2.05, 4.69) is 21.0 Å². The lowest BCUT2D eigenvalue weighted by molar-refractivity contribution is -0.139. The van der Waals surface area contributed by atoms with Crippen LogP contribution >= 0.6 is 15.9 Å². The van der Waals surface area contributed by atoms with E-state index in [0.29, 0.717) is 40.4 Å². The van der Waals surface area contributed by atoms with E-state index >= 15 is 0 Å². The number of hydrogen-bond acceptors (Lipinski definition) is 6. The molecule has 0 spiro atoms. The zero-order valence-corrected chi connectivity index (χ0v) is 19.8. The maximum Gasteiger partial charge on any atom is 0.341 e. The molecule has 0 saturated carbocycles. The third-order valence-corrected chi connectivity index (χ3v) is 4.91. The van der Waals surface area contributed by atoms with Gasteiger partial charge in [0.25, 0.3) is 5.56 Å². The van der Waals surface area contributed by atoms with Crippen LogP contribution in [0.2, 0.25) is 0 Å². The Morgan fingerprint density at radius 2 is 1.94 bits per heavy atom. The van der Waals surface area contributed by atoms with Crippen molar-refractivity contribution in [2.45, 2.75) is 33.1 Å². The maximum absolute atomic E-state index is 13.2. The van der Waals surface area contributed by atoms with Crippen LogP contribution in [0.1, 0.15) is 39.1 Å². The highest BCUT2D eigenvalue weighted by Gasteiger charge is 2.23. The van der Waals surface area contributed by atoms with E-state index in [1.165, 1.54) is 10.9 Å². The lowest BCUT2D eigenvalue weighted by Crippen LogP contribution is -2.29. The lowest BCUT2D eigenvalue weighted by atomic mass is 9.95. The average Bonchev–Trinajstić information content (AvgIpc) is 2.72. The predicted octanol–water partition coefficient (Wildman–Crippen LogP) is 4.20. The van der Waals surface area contributed by atoms with Crippen LogP contribution in [0.25, 0.3) is 10.9 Å². The normalized spacial score (nSPS) is 11.8. The molecule has 1 N–H and O–H groups in total. The minimum Gasteiger partial charge on any atom is -0.490 e. The molecule has 0 unspecified atom stereocenters. The summed E-state index contributed by atoms with van der Waals surface area (Å²) in [6.45, 7) is 7.61. The van der Waals surface area contributed by atoms with Gasteiger partial charge in [0.15, 0.2) is 18.1 Å². The lowest BCUT2D eigenvalue weighted by Gasteiger charge is -2.20. The average molecular weight is 502 g/mol. The fourth-order valence-corrected chi connectivity index (χ4v) is 3.36. The van der Waals surface area contributed by atoms with Gasteiger partial charge < -0.3 is 14.6 Å². The van der Waals surface area contributed by atoms with Gasteiger partial charge in [-0.05, 0) is 48.9 Å². The Hall–Kier alpha value is -3.20. The van der Waals surface area contributed by atoms with E-state index in [1.54, 1.807) is 30.3 Å². The van der Waals surface area contributed by atoms with Crippen LogP contribution in [0.3, 0.4) is 0 Å². The molecule has 0 fully saturated rings. The fraction of sp³-hybridized carbons (Fsp3) is 0.304. The zero-order valence-electron chi connectivity index (χ0n) is 18.3. The van der Waals surface area contributed by atoms with Crippen molar-refractivity contribution in [3.63, 3.8) is 0 Å². The number of aliphatic carboxylic acids is 1. The molecule has 2 aromatic carbocycles. The SMILES string of the molecule is CCOc1cc(C=Nn2c(C(C)(C)C)nc3ccc(Br)cc3c2=O)ccc1OCC(=O)O. The van der Waals surface area contributed by atoms with Gasteiger partial charge in [-0.15, -0.1) is 0 Å². The number of halogens is 1. The van der Waals surface area contributed by atoms with Gasteiger partial charge >= 0.3 is 5.97 Å². The summed E-state index contributed by atoms with van der Waals surface area (Å²) < 4.78 is 12.9. The van der Waals surface area contributed by atoms with Crippen LogP contribution in [0.15, 0.2) is 50.8 Å². The Kier molecular flexibility index (Phi) is 6.98. The van der Waals surface area contributed by atoms with Gasteiger partial charge in [-0.2, -0.15) is 9.78 Å². The van der Waals surface area contributed by atoms with Crippen LogP contribution in [0.4, 0.5) is 0 Å². The molecule has 9 heteroatoms. The number of benzene rings is 2. The Morgan fingerprint density at radius 3 is 2.59 bits per heavy atom. The predicted molar refractivity (Wildman–Crippen MR) is 126 cm³/mol. The van der Waals surface area contributed by atoms with Crippen molar-refractivity contribution in [2.24, 2.45) is 5.10 Å². The molecule has 0 aliphatic rings. The van der Waals surface area contributed by atoms with Crippen molar-refractivity contribution in [1.82, 2.24) is 9.66 Å². The molecule has 0 aliphatic carbocycles. The molecule has 0 bridgehead atoms. The number of fused-ring (bicyclic) bond motifs is 1. The van der Waals surface area contributed by atoms with Crippen molar-refractivity contribution in [3.05, 3.63) is 62.6 Å². The van der Waals surface area contributed by atoms with Crippen LogP contribution < -0.4 is 15.0 Å². The zero-order chi connectivity index (χ0) is 23.5. The van der Waals surface area contributed by atoms with Crippen LogP contribution in [0.5, 0.6) is 11.5 Å². The number of carbonyl (C=O) groups is 1. The molecule has 0 radical (unpaired) electrons. The Balaban J connectivity index is 2.07. The first-order valence-electron chi connectivity index (χ1n) is 9.98. The summed E-state index contributed by atoms with van der Waals surface area (Å²) in [6, 6.07) is 10.4. The summed E-state index contributed by atoms with van der Waals surface area (Å²) >= 11 is 3.40. The number of aromatic nitrogens is 2. The molecule has 1 aromatic heterocycles. The van der Waals surface area contributed by atoms with Crippen molar-refractivity contribution >= 4 is 39.0 Å². The van der Waals surface area contributed by atoms with Gasteiger partial charge in [0.2, 0.25) is 0 Å². The van der Waals surface area contributed by atoms with E-state index in [1.807, 2.05) is 33.8 Å². The summed E-state index contributed by atoms with van der Waals surface area (Å²) in [5, 5.41) is 13.7. The van der Waals surface area contributed by atoms with E-state index in [-0.39, 0.29) is 5.56 Å². The monoisotopic (exact) mass is 501 g/mol. The molecule has 0 amide bonds. The molecule has 3 aromatic rings. The number of carboxylic acid groups (broad SMARTS) is 1. The topological polar surface area (TPSA) is 103 Å². The Labute approximate surface area is 193 Å². The van der Waals surface area contributed by atoms with Crippen LogP contribution in [-0.4, -0.2) is 40.2 Å². The second-order valence-electron chi connectivity index (χ2n) is 8.03. The molecule has 0 aliphatic heterocycles. The van der Waals surface area contributed by atoms with Gasteiger partial charge in [-0.1, -0.05) is 36.7 Å². The molecule has 1 heterocycles. The highest BCUT2D eigenvalue weighted by molar-refractivity contribution is 9.10. The van der Waals surface area contributed by atoms with E-state index in [9.17, 15) is 9.59 Å². The second kappa shape index (κ2) is 9.52. The van der Waals surface area contributed by atoms with Gasteiger partial charge in [-0.3, -0.25) is 4.79 Å². The molecular weight excluding hydrogens is 478 g/mol. The first kappa shape index (κ1) is 23.5. The molecule has 0 saturated heterocycles. The highest BCUT2D eigenvalue weighted by atomic mass is 79.9. The number of rotatable bonds is 7. The summed E-state index contributed by atoms with van der Waals surface area (Å²) in [5.41, 5.74) is 0.553. The minimum absolute atomic E-state index is 0.274. The number of ether oxygens (including phenoxy) is 2. The largest absolute Gasteiger partial charge is 0.490 e. The fourth-order valence-electron chi connectivity index (χ4n) is 3.00. The molecule has 8 nitrogen and oxygen atoms in total. The van der Waals surface area contributed by atoms with E-state index in [0.717, 1.165) is 4.47 Å². The molecule has 32 heavy (non-hydrogen) atoms. The van der Waals surface area contributed by atoms with Crippen LogP contribution in [-0.2, 0) is 10.2 Å². The number of nitrogens with zero attached hydrogens (tertiary/aromatic N) is 3. The molecular formula is C23H24BrN3O5. The van der Waals surface area contributed by atoms with Crippen molar-refractivity contribution in [2.75, 3.05) is 13.2 Å². The number of carboxylic acids is 1. The minimum atomic E-state index is -1.08. The summed E-state index contributed by atoms with van der Waals surface area (Å²) in [6.07, 6.45) is 1.53. The van der Waals surface area contributed by atoms with E-state index < -0.39 is 18.0 Å². The van der Waals surface area contributed by atoms with Crippen molar-refractivity contribution in [1.29, 1.82) is 0 Å². The Bertz CT molecular complexity index is 1240. The smallest absolute Gasteiger partial charge is 0.341 e. The standard InChI is InChI=1S/C23H24BrN3O5/c1-5-31-19-10-14(6-9-18(19)32-13-20(28)29)12-25-27-21(30)16-11-15(24)7-8-17(16)26-22(27)23(2,3)4/h6-12H,5,13H2,1-4H3,(H,28,29). The third-order valence-electron chi connectivity index (χ3n) is 4.42.